The van der Waals surface area contributed by atoms with E-state index in [9.17, 15) is 14.3 Å². The molecular weight excluding hydrogens is 261 g/mol. The highest BCUT2D eigenvalue weighted by Crippen LogP contribution is 2.17. The van der Waals surface area contributed by atoms with Gasteiger partial charge in [-0.3, -0.25) is 4.79 Å². The zero-order valence-corrected chi connectivity index (χ0v) is 11.9. The van der Waals surface area contributed by atoms with Gasteiger partial charge in [0.25, 0.3) is 0 Å². The van der Waals surface area contributed by atoms with Crippen LogP contribution in [0.4, 0.5) is 15.8 Å². The molecule has 0 spiro atoms. The fraction of sp³-hybridized carbons (Fsp3) is 0.500. The van der Waals surface area contributed by atoms with Crippen LogP contribution in [-0.2, 0) is 4.79 Å². The quantitative estimate of drug-likeness (QED) is 0.662. The van der Waals surface area contributed by atoms with Crippen LogP contribution < -0.4 is 11.1 Å². The van der Waals surface area contributed by atoms with Gasteiger partial charge in [-0.05, 0) is 38.6 Å². The molecule has 0 saturated heterocycles. The van der Waals surface area contributed by atoms with Crippen molar-refractivity contribution in [1.82, 2.24) is 4.90 Å². The number of rotatable bonds is 7. The maximum atomic E-state index is 13.4. The molecule has 0 bridgehead atoms. The minimum Gasteiger partial charge on any atom is -0.399 e. The summed E-state index contributed by atoms with van der Waals surface area (Å²) in [6, 6.07) is 4.05. The second kappa shape index (κ2) is 7.81. The topological polar surface area (TPSA) is 78.6 Å². The van der Waals surface area contributed by atoms with Crippen LogP contribution in [0.3, 0.4) is 0 Å². The molecule has 1 amide bonds. The number of carbonyl (C=O) groups excluding carboxylic acids is 1. The van der Waals surface area contributed by atoms with Crippen LogP contribution in [0.15, 0.2) is 18.2 Å². The summed E-state index contributed by atoms with van der Waals surface area (Å²) < 4.78 is 13.4. The Labute approximate surface area is 118 Å². The fourth-order valence-electron chi connectivity index (χ4n) is 1.66. The Balaban J connectivity index is 2.38. The Bertz CT molecular complexity index is 452. The maximum Gasteiger partial charge on any atom is 0.225 e. The van der Waals surface area contributed by atoms with E-state index in [2.05, 4.69) is 5.32 Å². The number of aliphatic hydroxyl groups is 1. The normalized spacial score (nSPS) is 12.4. The predicted octanol–water partition coefficient (Wildman–Crippen LogP) is 1.44. The van der Waals surface area contributed by atoms with Crippen molar-refractivity contribution in [3.05, 3.63) is 24.0 Å². The molecule has 112 valence electrons. The molecule has 0 aliphatic heterocycles. The summed E-state index contributed by atoms with van der Waals surface area (Å²) in [6.45, 7) is 2.98. The van der Waals surface area contributed by atoms with Crippen LogP contribution in [0.25, 0.3) is 0 Å². The lowest BCUT2D eigenvalue weighted by Crippen LogP contribution is -2.27. The average molecular weight is 283 g/mol. The van der Waals surface area contributed by atoms with Crippen LogP contribution >= 0.6 is 0 Å². The minimum atomic E-state index is -0.505. The number of hydrogen-bond acceptors (Lipinski definition) is 4. The molecule has 1 atom stereocenters. The highest BCUT2D eigenvalue weighted by molar-refractivity contribution is 5.91. The van der Waals surface area contributed by atoms with Crippen LogP contribution in [0, 0.1) is 5.82 Å². The van der Waals surface area contributed by atoms with E-state index in [0.29, 0.717) is 25.2 Å². The van der Waals surface area contributed by atoms with E-state index in [-0.39, 0.29) is 24.1 Å². The lowest BCUT2D eigenvalue weighted by molar-refractivity contribution is -0.116. The first-order valence-corrected chi connectivity index (χ1v) is 6.60. The summed E-state index contributed by atoms with van der Waals surface area (Å²) in [6.07, 6.45) is 0.555. The molecule has 1 rings (SSSR count). The van der Waals surface area contributed by atoms with Crippen molar-refractivity contribution in [2.75, 3.05) is 31.2 Å². The van der Waals surface area contributed by atoms with Crippen molar-refractivity contribution in [3.63, 3.8) is 0 Å². The SMILES string of the molecule is CC(O)CCN(C)CCC(=O)Nc1cc(N)ccc1F. The number of benzene rings is 1. The van der Waals surface area contributed by atoms with Gasteiger partial charge in [-0.1, -0.05) is 0 Å². The van der Waals surface area contributed by atoms with Crippen LogP contribution in [0.5, 0.6) is 0 Å². The van der Waals surface area contributed by atoms with Gasteiger partial charge in [0, 0.05) is 25.2 Å². The second-order valence-corrected chi connectivity index (χ2v) is 4.98. The number of aliphatic hydroxyl groups excluding tert-OH is 1. The number of anilines is 2. The first-order valence-electron chi connectivity index (χ1n) is 6.60. The van der Waals surface area contributed by atoms with Crippen molar-refractivity contribution in [2.24, 2.45) is 0 Å². The van der Waals surface area contributed by atoms with Crippen LogP contribution in [0.2, 0.25) is 0 Å². The molecule has 0 radical (unpaired) electrons. The lowest BCUT2D eigenvalue weighted by atomic mass is 10.2. The molecule has 0 aliphatic carbocycles. The number of carbonyl (C=O) groups is 1. The third-order valence-electron chi connectivity index (χ3n) is 2.91. The Morgan fingerprint density at radius 1 is 1.50 bits per heavy atom. The molecule has 0 saturated carbocycles. The van der Waals surface area contributed by atoms with Gasteiger partial charge in [0.15, 0.2) is 0 Å². The number of nitrogens with two attached hydrogens (primary N) is 1. The first-order chi connectivity index (χ1) is 9.38. The van der Waals surface area contributed by atoms with Gasteiger partial charge in [-0.2, -0.15) is 0 Å². The fourth-order valence-corrected chi connectivity index (χ4v) is 1.66. The lowest BCUT2D eigenvalue weighted by Gasteiger charge is -2.17. The smallest absolute Gasteiger partial charge is 0.225 e. The summed E-state index contributed by atoms with van der Waals surface area (Å²) in [5, 5.41) is 11.7. The van der Waals surface area contributed by atoms with E-state index in [4.69, 9.17) is 5.73 Å². The summed E-state index contributed by atoms with van der Waals surface area (Å²) in [5.41, 5.74) is 6.04. The second-order valence-electron chi connectivity index (χ2n) is 4.98. The minimum absolute atomic E-state index is 0.0987. The van der Waals surface area contributed by atoms with Crippen molar-refractivity contribution < 1.29 is 14.3 Å². The van der Waals surface area contributed by atoms with Gasteiger partial charge in [-0.15, -0.1) is 0 Å². The van der Waals surface area contributed by atoms with E-state index in [1.165, 1.54) is 18.2 Å². The van der Waals surface area contributed by atoms with Crippen molar-refractivity contribution in [3.8, 4) is 0 Å². The number of nitrogen functional groups attached to an aromatic ring is 1. The zero-order valence-electron chi connectivity index (χ0n) is 11.9. The van der Waals surface area contributed by atoms with Gasteiger partial charge in [0.1, 0.15) is 5.82 Å². The third kappa shape index (κ3) is 5.99. The van der Waals surface area contributed by atoms with E-state index in [1.807, 2.05) is 11.9 Å². The highest BCUT2D eigenvalue weighted by atomic mass is 19.1. The third-order valence-corrected chi connectivity index (χ3v) is 2.91. The van der Waals surface area contributed by atoms with E-state index in [0.717, 1.165) is 0 Å². The van der Waals surface area contributed by atoms with Crippen molar-refractivity contribution in [2.45, 2.75) is 25.9 Å². The number of hydrogen-bond donors (Lipinski definition) is 3. The molecule has 0 aromatic heterocycles. The van der Waals surface area contributed by atoms with Crippen molar-refractivity contribution in [1.29, 1.82) is 0 Å². The average Bonchev–Trinajstić information content (AvgIpc) is 2.38. The van der Waals surface area contributed by atoms with Crippen LogP contribution in [-0.4, -0.2) is 42.2 Å². The molecule has 4 N–H and O–H groups in total. The van der Waals surface area contributed by atoms with E-state index >= 15 is 0 Å². The van der Waals surface area contributed by atoms with Gasteiger partial charge in [0.05, 0.1) is 11.8 Å². The summed E-state index contributed by atoms with van der Waals surface area (Å²) in [5.74, 6) is -0.770. The van der Waals surface area contributed by atoms with E-state index < -0.39 is 5.82 Å². The van der Waals surface area contributed by atoms with Gasteiger partial charge >= 0.3 is 0 Å². The zero-order chi connectivity index (χ0) is 15.1. The molecule has 20 heavy (non-hydrogen) atoms. The molecular formula is C14H22FN3O2. The summed E-state index contributed by atoms with van der Waals surface area (Å²) in [4.78, 5) is 13.7. The van der Waals surface area contributed by atoms with Gasteiger partial charge in [0.2, 0.25) is 5.91 Å². The molecule has 0 aliphatic rings. The molecule has 0 heterocycles. The van der Waals surface area contributed by atoms with Crippen LogP contribution in [0.1, 0.15) is 19.8 Å². The van der Waals surface area contributed by atoms with E-state index in [1.54, 1.807) is 6.92 Å². The molecule has 0 fully saturated rings. The largest absolute Gasteiger partial charge is 0.399 e. The Morgan fingerprint density at radius 3 is 2.85 bits per heavy atom. The summed E-state index contributed by atoms with van der Waals surface area (Å²) >= 11 is 0. The monoisotopic (exact) mass is 283 g/mol. The first kappa shape index (κ1) is 16.4. The number of halogens is 1. The van der Waals surface area contributed by atoms with Gasteiger partial charge in [-0.25, -0.2) is 4.39 Å². The Morgan fingerprint density at radius 2 is 2.20 bits per heavy atom. The number of nitrogens with one attached hydrogen (secondary N) is 1. The molecule has 1 aromatic rings. The van der Waals surface area contributed by atoms with Crippen molar-refractivity contribution >= 4 is 17.3 Å². The molecule has 6 heteroatoms. The maximum absolute atomic E-state index is 13.4. The predicted molar refractivity (Wildman–Crippen MR) is 77.9 cm³/mol. The summed E-state index contributed by atoms with van der Waals surface area (Å²) in [7, 11) is 1.87. The standard InChI is InChI=1S/C14H22FN3O2/c1-10(19)5-7-18(2)8-6-14(20)17-13-9-11(16)3-4-12(13)15/h3-4,9-10,19H,5-8,16H2,1-2H3,(H,17,20). The highest BCUT2D eigenvalue weighted by Gasteiger charge is 2.09. The molecule has 1 unspecified atom stereocenters. The Kier molecular flexibility index (Phi) is 6.41. The number of amides is 1. The van der Waals surface area contributed by atoms with Gasteiger partial charge < -0.3 is 21.1 Å². The Hall–Kier alpha value is -1.66. The molecule has 5 nitrogen and oxygen atoms in total. The molecule has 1 aromatic carbocycles. The number of nitrogens with zero attached hydrogens (tertiary/aromatic N) is 1.